The van der Waals surface area contributed by atoms with Crippen molar-refractivity contribution in [3.05, 3.63) is 23.8 Å². The number of carbonyl (C=O) groups is 1. The first-order valence-electron chi connectivity index (χ1n) is 4.61. The number of hydrogen-bond donors (Lipinski definition) is 2. The summed E-state index contributed by atoms with van der Waals surface area (Å²) in [6.45, 7) is 1.49. The van der Waals surface area contributed by atoms with Crippen LogP contribution in [-0.4, -0.2) is 23.1 Å². The Kier molecular flexibility index (Phi) is 3.50. The fraction of sp³-hybridized carbons (Fsp3) is 0.300. The Labute approximate surface area is 98.2 Å². The fourth-order valence-electron chi connectivity index (χ4n) is 1.03. The van der Waals surface area contributed by atoms with Gasteiger partial charge in [0.05, 0.1) is 0 Å². The molecule has 0 saturated carbocycles. The van der Waals surface area contributed by atoms with E-state index in [1.165, 1.54) is 18.3 Å². The van der Waals surface area contributed by atoms with Gasteiger partial charge in [-0.05, 0) is 18.6 Å². The number of phenols is 1. The van der Waals surface area contributed by atoms with E-state index in [9.17, 15) is 31.9 Å². The first kappa shape index (κ1) is 14.2. The molecule has 1 aromatic carbocycles. The summed E-state index contributed by atoms with van der Waals surface area (Å²) in [7, 11) is 0. The molecule has 1 aromatic rings. The van der Waals surface area contributed by atoms with E-state index in [0.717, 1.165) is 12.1 Å². The number of aryl methyl sites for hydroxylation is 1. The summed E-state index contributed by atoms with van der Waals surface area (Å²) < 4.78 is 60.8. The van der Waals surface area contributed by atoms with Crippen LogP contribution in [0.2, 0.25) is 0 Å². The average Bonchev–Trinajstić information content (AvgIpc) is 2.21. The second-order valence-electron chi connectivity index (χ2n) is 3.53. The van der Waals surface area contributed by atoms with Gasteiger partial charge in [-0.15, -0.1) is 0 Å². The third-order valence-electron chi connectivity index (χ3n) is 2.11. The summed E-state index contributed by atoms with van der Waals surface area (Å²) in [4.78, 5) is 10.8. The van der Waals surface area contributed by atoms with E-state index in [1.807, 2.05) is 0 Å². The molecule has 0 spiro atoms. The van der Waals surface area contributed by atoms with Crippen LogP contribution in [0.3, 0.4) is 0 Å². The number of phenolic OH excluding ortho intramolecular Hbond substituents is 1. The summed E-state index contributed by atoms with van der Waals surface area (Å²) in [5, 5.41) is 10.6. The van der Waals surface area contributed by atoms with Gasteiger partial charge in [0.1, 0.15) is 5.75 Å². The molecule has 0 aromatic heterocycles. The number of aromatic hydroxyl groups is 1. The first-order chi connectivity index (χ1) is 8.05. The lowest BCUT2D eigenvalue weighted by Crippen LogP contribution is -2.47. The maximum absolute atomic E-state index is 12.6. The quantitative estimate of drug-likeness (QED) is 0.811. The van der Waals surface area contributed by atoms with Crippen LogP contribution >= 0.6 is 0 Å². The Hall–Kier alpha value is -1.86. The summed E-state index contributed by atoms with van der Waals surface area (Å²) in [5.74, 6) is -8.32. The van der Waals surface area contributed by atoms with Crippen molar-refractivity contribution in [2.24, 2.45) is 0 Å². The molecule has 1 amide bonds. The highest BCUT2D eigenvalue weighted by Gasteiger charge is 2.63. The predicted molar refractivity (Wildman–Crippen MR) is 52.5 cm³/mol. The molecule has 0 aliphatic heterocycles. The molecule has 3 nitrogen and oxygen atoms in total. The highest BCUT2D eigenvalue weighted by Crippen LogP contribution is 2.36. The van der Waals surface area contributed by atoms with Gasteiger partial charge in [0, 0.05) is 11.8 Å². The van der Waals surface area contributed by atoms with Crippen molar-refractivity contribution in [3.8, 4) is 5.75 Å². The minimum atomic E-state index is -5.97. The second-order valence-corrected chi connectivity index (χ2v) is 3.53. The van der Waals surface area contributed by atoms with Crippen LogP contribution in [0.1, 0.15) is 5.56 Å². The number of amides is 1. The molecular formula is C10H8F5NO2. The van der Waals surface area contributed by atoms with Crippen molar-refractivity contribution < 1.29 is 31.9 Å². The third kappa shape index (κ3) is 2.69. The number of hydrogen-bond acceptors (Lipinski definition) is 2. The van der Waals surface area contributed by atoms with Crippen LogP contribution < -0.4 is 5.32 Å². The van der Waals surface area contributed by atoms with Gasteiger partial charge in [-0.3, -0.25) is 4.79 Å². The van der Waals surface area contributed by atoms with Crippen LogP contribution in [0.5, 0.6) is 5.75 Å². The van der Waals surface area contributed by atoms with Crippen LogP contribution in [-0.2, 0) is 4.79 Å². The van der Waals surface area contributed by atoms with E-state index in [-0.39, 0.29) is 11.4 Å². The molecule has 0 fully saturated rings. The SMILES string of the molecule is Cc1ccc(NC(=O)C(F)(F)C(F)(F)F)cc1O. The minimum absolute atomic E-state index is 0.330. The molecule has 1 rings (SSSR count). The van der Waals surface area contributed by atoms with Gasteiger partial charge in [-0.1, -0.05) is 6.07 Å². The Morgan fingerprint density at radius 1 is 1.22 bits per heavy atom. The largest absolute Gasteiger partial charge is 0.508 e. The Morgan fingerprint density at radius 3 is 2.22 bits per heavy atom. The van der Waals surface area contributed by atoms with Gasteiger partial charge in [-0.2, -0.15) is 22.0 Å². The normalized spacial score (nSPS) is 12.3. The van der Waals surface area contributed by atoms with Crippen molar-refractivity contribution in [1.82, 2.24) is 0 Å². The number of nitrogens with one attached hydrogen (secondary N) is 1. The molecule has 0 atom stereocenters. The minimum Gasteiger partial charge on any atom is -0.508 e. The molecule has 100 valence electrons. The average molecular weight is 269 g/mol. The van der Waals surface area contributed by atoms with E-state index < -0.39 is 18.0 Å². The summed E-state index contributed by atoms with van der Waals surface area (Å²) >= 11 is 0. The van der Waals surface area contributed by atoms with Crippen LogP contribution in [0, 0.1) is 6.92 Å². The Morgan fingerprint density at radius 2 is 1.78 bits per heavy atom. The first-order valence-corrected chi connectivity index (χ1v) is 4.61. The number of anilines is 1. The van der Waals surface area contributed by atoms with Gasteiger partial charge in [0.2, 0.25) is 0 Å². The predicted octanol–water partition coefficient (Wildman–Crippen LogP) is 2.84. The standard InChI is InChI=1S/C10H8F5NO2/c1-5-2-3-6(4-7(5)17)16-8(18)9(11,12)10(13,14)15/h2-4,17H,1H3,(H,16,18). The molecule has 0 unspecified atom stereocenters. The summed E-state index contributed by atoms with van der Waals surface area (Å²) in [6.07, 6.45) is -5.97. The van der Waals surface area contributed by atoms with Crippen molar-refractivity contribution in [2.45, 2.75) is 19.0 Å². The maximum atomic E-state index is 12.6. The molecule has 0 aliphatic rings. The zero-order chi connectivity index (χ0) is 14.1. The van der Waals surface area contributed by atoms with Crippen LogP contribution in [0.15, 0.2) is 18.2 Å². The summed E-state index contributed by atoms with van der Waals surface area (Å²) in [5.41, 5.74) is 0.0302. The smallest absolute Gasteiger partial charge is 0.463 e. The zero-order valence-electron chi connectivity index (χ0n) is 8.98. The van der Waals surface area contributed by atoms with E-state index in [2.05, 4.69) is 0 Å². The van der Waals surface area contributed by atoms with Crippen molar-refractivity contribution >= 4 is 11.6 Å². The molecule has 0 aliphatic carbocycles. The molecule has 2 N–H and O–H groups in total. The van der Waals surface area contributed by atoms with E-state index in [0.29, 0.717) is 5.56 Å². The van der Waals surface area contributed by atoms with Gasteiger partial charge in [-0.25, -0.2) is 0 Å². The number of alkyl halides is 5. The fourth-order valence-corrected chi connectivity index (χ4v) is 1.03. The molecule has 0 saturated heterocycles. The van der Waals surface area contributed by atoms with Gasteiger partial charge >= 0.3 is 18.0 Å². The van der Waals surface area contributed by atoms with E-state index in [4.69, 9.17) is 0 Å². The lowest BCUT2D eigenvalue weighted by Gasteiger charge is -2.18. The number of carbonyl (C=O) groups excluding carboxylic acids is 1. The van der Waals surface area contributed by atoms with Crippen LogP contribution in [0.4, 0.5) is 27.6 Å². The van der Waals surface area contributed by atoms with Crippen molar-refractivity contribution in [3.63, 3.8) is 0 Å². The topological polar surface area (TPSA) is 49.3 Å². The van der Waals surface area contributed by atoms with Gasteiger partial charge in [0.25, 0.3) is 0 Å². The van der Waals surface area contributed by atoms with Crippen molar-refractivity contribution in [2.75, 3.05) is 5.32 Å². The number of rotatable bonds is 2. The molecular weight excluding hydrogens is 261 g/mol. The molecule has 18 heavy (non-hydrogen) atoms. The van der Waals surface area contributed by atoms with Gasteiger partial charge < -0.3 is 10.4 Å². The molecule has 8 heteroatoms. The van der Waals surface area contributed by atoms with E-state index in [1.54, 1.807) is 0 Å². The van der Waals surface area contributed by atoms with Gasteiger partial charge in [0.15, 0.2) is 0 Å². The lowest BCUT2D eigenvalue weighted by atomic mass is 10.2. The number of benzene rings is 1. The second kappa shape index (κ2) is 4.43. The lowest BCUT2D eigenvalue weighted by molar-refractivity contribution is -0.267. The van der Waals surface area contributed by atoms with E-state index >= 15 is 0 Å². The maximum Gasteiger partial charge on any atom is 0.463 e. The highest BCUT2D eigenvalue weighted by molar-refractivity contribution is 5.96. The highest BCUT2D eigenvalue weighted by atomic mass is 19.4. The third-order valence-corrected chi connectivity index (χ3v) is 2.11. The molecule has 0 bridgehead atoms. The van der Waals surface area contributed by atoms with Crippen LogP contribution in [0.25, 0.3) is 0 Å². The summed E-state index contributed by atoms with van der Waals surface area (Å²) in [6, 6.07) is 3.23. The monoisotopic (exact) mass is 269 g/mol. The molecule has 0 heterocycles. The Bertz CT molecular complexity index is 470. The zero-order valence-corrected chi connectivity index (χ0v) is 8.98. The van der Waals surface area contributed by atoms with Crippen molar-refractivity contribution in [1.29, 1.82) is 0 Å². The number of halogens is 5. The Balaban J connectivity index is 2.91. The molecule has 0 radical (unpaired) electrons.